The molecular weight excluding hydrogens is 493 g/mol. The lowest BCUT2D eigenvalue weighted by molar-refractivity contribution is 0.176. The zero-order chi connectivity index (χ0) is 22.3. The number of aromatic nitrogens is 1. The van der Waals surface area contributed by atoms with Crippen LogP contribution in [-0.2, 0) is 12.8 Å². The van der Waals surface area contributed by atoms with Gasteiger partial charge in [0.05, 0.1) is 10.8 Å². The number of aromatic amines is 1. The van der Waals surface area contributed by atoms with E-state index in [2.05, 4.69) is 39.9 Å². The van der Waals surface area contributed by atoms with Gasteiger partial charge in [0.1, 0.15) is 11.3 Å². The minimum absolute atomic E-state index is 0. The third kappa shape index (κ3) is 7.70. The van der Waals surface area contributed by atoms with Gasteiger partial charge in [0.25, 0.3) is 0 Å². The third-order valence-electron chi connectivity index (χ3n) is 6.32. The van der Waals surface area contributed by atoms with E-state index in [1.165, 1.54) is 49.3 Å². The highest BCUT2D eigenvalue weighted by Crippen LogP contribution is 2.31. The van der Waals surface area contributed by atoms with Crippen molar-refractivity contribution in [2.24, 2.45) is 0 Å². The summed E-state index contributed by atoms with van der Waals surface area (Å²) in [5.74, 6) is 0.0241. The number of aliphatic hydroxyl groups is 1. The highest BCUT2D eigenvalue weighted by molar-refractivity contribution is 7.16. The molecule has 3 aromatic rings. The molecule has 1 saturated carbocycles. The van der Waals surface area contributed by atoms with Gasteiger partial charge in [-0.25, -0.2) is 0 Å². The van der Waals surface area contributed by atoms with E-state index in [1.54, 1.807) is 6.07 Å². The highest BCUT2D eigenvalue weighted by Gasteiger charge is 2.16. The number of fused-ring (bicyclic) bond motifs is 1. The van der Waals surface area contributed by atoms with Crippen molar-refractivity contribution in [1.29, 1.82) is 0 Å². The summed E-state index contributed by atoms with van der Waals surface area (Å²) in [5, 5.41) is 27.5. The van der Waals surface area contributed by atoms with Crippen molar-refractivity contribution in [3.63, 3.8) is 0 Å². The van der Waals surface area contributed by atoms with Crippen molar-refractivity contribution < 1.29 is 10.2 Å². The second-order valence-corrected chi connectivity index (χ2v) is 9.70. The van der Waals surface area contributed by atoms with E-state index in [0.29, 0.717) is 28.4 Å². The second-order valence-electron chi connectivity index (χ2n) is 8.72. The molecule has 0 spiro atoms. The molecule has 0 aliphatic heterocycles. The Morgan fingerprint density at radius 1 is 1.03 bits per heavy atom. The smallest absolute Gasteiger partial charge is 0.305 e. The quantitative estimate of drug-likeness (QED) is 0.250. The molecule has 188 valence electrons. The Morgan fingerprint density at radius 3 is 2.47 bits per heavy atom. The summed E-state index contributed by atoms with van der Waals surface area (Å²) in [6.07, 6.45) is 7.92. The lowest BCUT2D eigenvalue weighted by Gasteiger charge is -2.22. The van der Waals surface area contributed by atoms with Crippen LogP contribution < -0.4 is 15.5 Å². The fourth-order valence-corrected chi connectivity index (χ4v) is 5.47. The number of thiazole rings is 1. The first-order valence-electron chi connectivity index (χ1n) is 11.6. The predicted molar refractivity (Wildman–Crippen MR) is 145 cm³/mol. The van der Waals surface area contributed by atoms with Gasteiger partial charge in [-0.3, -0.25) is 4.79 Å². The average Bonchev–Trinajstić information content (AvgIpc) is 3.20. The van der Waals surface area contributed by atoms with E-state index in [-0.39, 0.29) is 35.4 Å². The van der Waals surface area contributed by atoms with Crippen LogP contribution in [0.5, 0.6) is 5.75 Å². The maximum Gasteiger partial charge on any atom is 0.305 e. The number of phenols is 1. The van der Waals surface area contributed by atoms with Crippen molar-refractivity contribution in [3.8, 4) is 5.75 Å². The van der Waals surface area contributed by atoms with E-state index in [0.717, 1.165) is 37.3 Å². The molecule has 1 fully saturated rings. The molecule has 6 nitrogen and oxygen atoms in total. The van der Waals surface area contributed by atoms with Gasteiger partial charge in [0, 0.05) is 18.2 Å². The molecular formula is C25H35Cl2N3O3S. The SMILES string of the molecule is Cl.Cl.O=c1[nH]c2c(O)ccc(C(O)CNCCc3cccc(CCNC4CCCCC4)c3)c2s1. The molecule has 0 saturated heterocycles. The van der Waals surface area contributed by atoms with Crippen LogP contribution in [0, 0.1) is 0 Å². The van der Waals surface area contributed by atoms with E-state index in [4.69, 9.17) is 0 Å². The summed E-state index contributed by atoms with van der Waals surface area (Å²) < 4.78 is 0.610. The average molecular weight is 529 g/mol. The van der Waals surface area contributed by atoms with Gasteiger partial charge in [-0.05, 0) is 56.0 Å². The van der Waals surface area contributed by atoms with Crippen molar-refractivity contribution in [3.05, 3.63) is 62.8 Å². The largest absolute Gasteiger partial charge is 0.506 e. The zero-order valence-corrected chi connectivity index (χ0v) is 21.7. The Labute approximate surface area is 217 Å². The molecule has 9 heteroatoms. The first kappa shape index (κ1) is 28.6. The van der Waals surface area contributed by atoms with Gasteiger partial charge < -0.3 is 25.8 Å². The maximum absolute atomic E-state index is 11.7. The van der Waals surface area contributed by atoms with Crippen LogP contribution >= 0.6 is 36.2 Å². The Kier molecular flexibility index (Phi) is 11.8. The molecule has 0 bridgehead atoms. The monoisotopic (exact) mass is 527 g/mol. The van der Waals surface area contributed by atoms with Crippen LogP contribution in [0.1, 0.15) is 54.9 Å². The number of aliphatic hydroxyl groups excluding tert-OH is 1. The number of hydrogen-bond acceptors (Lipinski definition) is 6. The van der Waals surface area contributed by atoms with E-state index in [9.17, 15) is 15.0 Å². The van der Waals surface area contributed by atoms with E-state index < -0.39 is 6.10 Å². The number of phenolic OH excluding ortho intramolecular Hbond substituents is 1. The number of H-pyrrole nitrogens is 1. The predicted octanol–water partition coefficient (Wildman–Crippen LogP) is 4.47. The van der Waals surface area contributed by atoms with Gasteiger partial charge >= 0.3 is 4.87 Å². The molecule has 1 aromatic heterocycles. The normalized spacial score (nSPS) is 15.0. The molecule has 5 N–H and O–H groups in total. The molecule has 1 atom stereocenters. The number of benzene rings is 2. The molecule has 2 aromatic carbocycles. The van der Waals surface area contributed by atoms with Crippen molar-refractivity contribution in [2.75, 3.05) is 19.6 Å². The molecule has 0 amide bonds. The van der Waals surface area contributed by atoms with Gasteiger partial charge in [0.15, 0.2) is 0 Å². The molecule has 1 aliphatic carbocycles. The van der Waals surface area contributed by atoms with Crippen LogP contribution in [0.25, 0.3) is 10.2 Å². The number of aromatic hydroxyl groups is 1. The van der Waals surface area contributed by atoms with Crippen molar-refractivity contribution in [1.82, 2.24) is 15.6 Å². The molecule has 0 radical (unpaired) electrons. The Morgan fingerprint density at radius 2 is 1.74 bits per heavy atom. The fraction of sp³-hybridized carbons (Fsp3) is 0.480. The summed E-state index contributed by atoms with van der Waals surface area (Å²) >= 11 is 1.01. The van der Waals surface area contributed by atoms with Gasteiger partial charge in [0.2, 0.25) is 0 Å². The third-order valence-corrected chi connectivity index (χ3v) is 7.25. The fourth-order valence-electron chi connectivity index (χ4n) is 4.55. The number of halogens is 2. The number of hydrogen-bond donors (Lipinski definition) is 5. The van der Waals surface area contributed by atoms with Crippen LogP contribution in [0.4, 0.5) is 0 Å². The molecule has 34 heavy (non-hydrogen) atoms. The van der Waals surface area contributed by atoms with Gasteiger partial charge in [-0.15, -0.1) is 24.8 Å². The summed E-state index contributed by atoms with van der Waals surface area (Å²) in [4.78, 5) is 14.0. The topological polar surface area (TPSA) is 97.4 Å². The first-order chi connectivity index (χ1) is 15.6. The van der Waals surface area contributed by atoms with Gasteiger partial charge in [-0.1, -0.05) is 60.9 Å². The summed E-state index contributed by atoms with van der Waals surface area (Å²) in [6, 6.07) is 12.6. The van der Waals surface area contributed by atoms with Gasteiger partial charge in [-0.2, -0.15) is 0 Å². The Hall–Kier alpha value is -1.61. The molecule has 1 heterocycles. The Bertz CT molecular complexity index is 1080. The van der Waals surface area contributed by atoms with Crippen LogP contribution in [0.2, 0.25) is 0 Å². The second kappa shape index (κ2) is 14.1. The minimum atomic E-state index is -0.748. The Balaban J connectivity index is 0.00000204. The van der Waals surface area contributed by atoms with Crippen LogP contribution in [0.15, 0.2) is 41.2 Å². The zero-order valence-electron chi connectivity index (χ0n) is 19.2. The summed E-state index contributed by atoms with van der Waals surface area (Å²) in [7, 11) is 0. The maximum atomic E-state index is 11.7. The standard InChI is InChI=1S/C25H33N3O3S.2ClH/c29-21-10-9-20(24-23(21)28-25(31)32-24)22(30)16-26-13-11-17-5-4-6-18(15-17)12-14-27-19-7-2-1-3-8-19;;/h4-6,9-10,15,19,22,26-27,29-30H,1-3,7-8,11-14,16H2,(H,28,31);2*1H. The lowest BCUT2D eigenvalue weighted by Crippen LogP contribution is -2.32. The van der Waals surface area contributed by atoms with E-state index >= 15 is 0 Å². The highest BCUT2D eigenvalue weighted by atomic mass is 35.5. The summed E-state index contributed by atoms with van der Waals surface area (Å²) in [6.45, 7) is 2.17. The first-order valence-corrected chi connectivity index (χ1v) is 12.5. The minimum Gasteiger partial charge on any atom is -0.506 e. The number of nitrogens with one attached hydrogen (secondary N) is 3. The van der Waals surface area contributed by atoms with Crippen LogP contribution in [0.3, 0.4) is 0 Å². The van der Waals surface area contributed by atoms with Crippen molar-refractivity contribution in [2.45, 2.75) is 57.1 Å². The molecule has 1 unspecified atom stereocenters. The molecule has 4 rings (SSSR count). The molecule has 1 aliphatic rings. The van der Waals surface area contributed by atoms with Crippen molar-refractivity contribution >= 4 is 46.4 Å². The summed E-state index contributed by atoms with van der Waals surface area (Å²) in [5.41, 5.74) is 3.70. The van der Waals surface area contributed by atoms with E-state index in [1.807, 2.05) is 0 Å². The number of rotatable bonds is 10. The van der Waals surface area contributed by atoms with Crippen LogP contribution in [-0.4, -0.2) is 40.9 Å². The lowest BCUT2D eigenvalue weighted by atomic mass is 9.95.